The van der Waals surface area contributed by atoms with Gasteiger partial charge < -0.3 is 10.6 Å². The Hall–Kier alpha value is -0.940. The summed E-state index contributed by atoms with van der Waals surface area (Å²) in [5.74, 6) is 0.151. The van der Waals surface area contributed by atoms with Gasteiger partial charge in [0, 0.05) is 36.3 Å². The van der Waals surface area contributed by atoms with Crippen molar-refractivity contribution in [2.45, 2.75) is 46.6 Å². The molecule has 108 valence electrons. The van der Waals surface area contributed by atoms with Crippen LogP contribution in [0.1, 0.15) is 45.3 Å². The molecule has 0 aromatic carbocycles. The van der Waals surface area contributed by atoms with Crippen LogP contribution < -0.4 is 10.6 Å². The van der Waals surface area contributed by atoms with Crippen LogP contribution in [0.5, 0.6) is 0 Å². The number of carbonyl (C=O) groups is 1. The van der Waals surface area contributed by atoms with Gasteiger partial charge in [0.2, 0.25) is 5.91 Å². The van der Waals surface area contributed by atoms with Gasteiger partial charge in [0.05, 0.1) is 10.7 Å². The van der Waals surface area contributed by atoms with Gasteiger partial charge in [0.15, 0.2) is 0 Å². The van der Waals surface area contributed by atoms with E-state index in [9.17, 15) is 4.79 Å². The Labute approximate surface area is 120 Å². The molecule has 1 rings (SSSR count). The lowest BCUT2D eigenvalue weighted by molar-refractivity contribution is -0.123. The van der Waals surface area contributed by atoms with E-state index < -0.39 is 0 Å². The average Bonchev–Trinajstić information content (AvgIpc) is 2.76. The number of hydrogen-bond acceptors (Lipinski definition) is 4. The van der Waals surface area contributed by atoms with E-state index in [1.54, 1.807) is 11.3 Å². The van der Waals surface area contributed by atoms with Gasteiger partial charge in [-0.25, -0.2) is 4.98 Å². The monoisotopic (exact) mass is 283 g/mol. The molecule has 1 heterocycles. The number of aromatic nitrogens is 1. The van der Waals surface area contributed by atoms with Crippen molar-refractivity contribution in [3.63, 3.8) is 0 Å². The molecule has 0 atom stereocenters. The lowest BCUT2D eigenvalue weighted by Gasteiger charge is -2.13. The summed E-state index contributed by atoms with van der Waals surface area (Å²) in [6, 6.07) is 0. The molecule has 0 spiro atoms. The molecular formula is C14H25N3OS. The Morgan fingerprint density at radius 3 is 2.58 bits per heavy atom. The van der Waals surface area contributed by atoms with Gasteiger partial charge in [0.1, 0.15) is 0 Å². The molecule has 0 aliphatic rings. The predicted molar refractivity (Wildman–Crippen MR) is 80.4 cm³/mol. The third-order valence-electron chi connectivity index (χ3n) is 2.62. The van der Waals surface area contributed by atoms with E-state index in [-0.39, 0.29) is 17.2 Å². The summed E-state index contributed by atoms with van der Waals surface area (Å²) in [5.41, 5.74) is 1.19. The first-order valence-corrected chi connectivity index (χ1v) is 7.62. The second-order valence-electron chi connectivity index (χ2n) is 6.02. The Bertz CT molecular complexity index is 407. The number of hydrogen-bond donors (Lipinski definition) is 2. The number of thiazole rings is 1. The molecule has 0 unspecified atom stereocenters. The number of amides is 1. The summed E-state index contributed by atoms with van der Waals surface area (Å²) in [5, 5.41) is 9.43. The molecule has 1 amide bonds. The van der Waals surface area contributed by atoms with Crippen LogP contribution in [0.4, 0.5) is 0 Å². The van der Waals surface area contributed by atoms with Crippen LogP contribution in [-0.2, 0) is 16.8 Å². The second kappa shape index (κ2) is 7.01. The van der Waals surface area contributed by atoms with Gasteiger partial charge in [-0.15, -0.1) is 11.3 Å². The molecule has 1 aromatic rings. The van der Waals surface area contributed by atoms with Crippen molar-refractivity contribution in [2.75, 3.05) is 13.1 Å². The Kier molecular flexibility index (Phi) is 5.94. The third-order valence-corrected chi connectivity index (χ3v) is 3.94. The zero-order chi connectivity index (χ0) is 14.5. The summed E-state index contributed by atoms with van der Waals surface area (Å²) in [6.07, 6.45) is 0. The van der Waals surface area contributed by atoms with Crippen LogP contribution in [0.2, 0.25) is 0 Å². The molecule has 5 heteroatoms. The zero-order valence-corrected chi connectivity index (χ0v) is 13.4. The molecule has 0 saturated heterocycles. The first-order chi connectivity index (χ1) is 8.80. The highest BCUT2D eigenvalue weighted by molar-refractivity contribution is 7.09. The molecule has 2 N–H and O–H groups in total. The van der Waals surface area contributed by atoms with E-state index in [0.717, 1.165) is 23.8 Å². The van der Waals surface area contributed by atoms with Crippen LogP contribution in [0.25, 0.3) is 0 Å². The van der Waals surface area contributed by atoms with Gasteiger partial charge in [0.25, 0.3) is 0 Å². The molecule has 0 aliphatic heterocycles. The van der Waals surface area contributed by atoms with E-state index in [4.69, 9.17) is 0 Å². The highest BCUT2D eigenvalue weighted by atomic mass is 32.1. The molecule has 1 aromatic heterocycles. The van der Waals surface area contributed by atoms with E-state index in [2.05, 4.69) is 41.8 Å². The fourth-order valence-corrected chi connectivity index (χ4v) is 2.33. The molecule has 4 nitrogen and oxygen atoms in total. The number of carbonyl (C=O) groups excluding carboxylic acids is 1. The van der Waals surface area contributed by atoms with E-state index in [0.29, 0.717) is 6.54 Å². The Morgan fingerprint density at radius 2 is 2.05 bits per heavy atom. The fraction of sp³-hybridized carbons (Fsp3) is 0.714. The Morgan fingerprint density at radius 1 is 1.37 bits per heavy atom. The predicted octanol–water partition coefficient (Wildman–Crippen LogP) is 2.30. The third kappa shape index (κ3) is 5.70. The average molecular weight is 283 g/mol. The van der Waals surface area contributed by atoms with E-state index in [1.807, 2.05) is 13.8 Å². The van der Waals surface area contributed by atoms with Crippen LogP contribution in [0, 0.1) is 5.92 Å². The molecule has 0 fully saturated rings. The van der Waals surface area contributed by atoms with E-state index in [1.165, 1.54) is 0 Å². The maximum atomic E-state index is 11.3. The molecule has 0 saturated carbocycles. The minimum Gasteiger partial charge on any atom is -0.355 e. The van der Waals surface area contributed by atoms with Crippen molar-refractivity contribution < 1.29 is 4.79 Å². The minimum absolute atomic E-state index is 0.0490. The van der Waals surface area contributed by atoms with Gasteiger partial charge in [-0.3, -0.25) is 4.79 Å². The largest absolute Gasteiger partial charge is 0.355 e. The minimum atomic E-state index is 0.0490. The fourth-order valence-electron chi connectivity index (χ4n) is 1.43. The maximum Gasteiger partial charge on any atom is 0.222 e. The lowest BCUT2D eigenvalue weighted by atomic mass is 9.98. The van der Waals surface area contributed by atoms with Gasteiger partial charge in [-0.05, 0) is 0 Å². The first-order valence-electron chi connectivity index (χ1n) is 6.74. The van der Waals surface area contributed by atoms with Gasteiger partial charge in [-0.1, -0.05) is 34.6 Å². The highest BCUT2D eigenvalue weighted by Crippen LogP contribution is 2.25. The number of nitrogens with zero attached hydrogens (tertiary/aromatic N) is 1. The van der Waals surface area contributed by atoms with Crippen molar-refractivity contribution in [2.24, 2.45) is 5.92 Å². The number of rotatable bonds is 6. The summed E-state index contributed by atoms with van der Waals surface area (Å²) < 4.78 is 0. The van der Waals surface area contributed by atoms with Crippen LogP contribution >= 0.6 is 11.3 Å². The van der Waals surface area contributed by atoms with E-state index >= 15 is 0 Å². The molecule has 0 bridgehead atoms. The first kappa shape index (κ1) is 16.1. The summed E-state index contributed by atoms with van der Waals surface area (Å²) in [7, 11) is 0. The normalized spacial score (nSPS) is 11.9. The van der Waals surface area contributed by atoms with Gasteiger partial charge >= 0.3 is 0 Å². The summed E-state index contributed by atoms with van der Waals surface area (Å²) >= 11 is 1.71. The van der Waals surface area contributed by atoms with Crippen molar-refractivity contribution >= 4 is 17.2 Å². The quantitative estimate of drug-likeness (QED) is 0.788. The summed E-state index contributed by atoms with van der Waals surface area (Å²) in [4.78, 5) is 16.0. The van der Waals surface area contributed by atoms with Crippen molar-refractivity contribution in [3.8, 4) is 0 Å². The lowest BCUT2D eigenvalue weighted by Crippen LogP contribution is -2.34. The molecule has 0 radical (unpaired) electrons. The maximum absolute atomic E-state index is 11.3. The Balaban J connectivity index is 2.23. The molecule has 19 heavy (non-hydrogen) atoms. The van der Waals surface area contributed by atoms with Gasteiger partial charge in [-0.2, -0.15) is 0 Å². The SMILES string of the molecule is CC(C)C(=O)NCCNCc1csc(C(C)(C)C)n1. The van der Waals surface area contributed by atoms with Crippen LogP contribution in [0.3, 0.4) is 0 Å². The molecule has 0 aliphatic carbocycles. The topological polar surface area (TPSA) is 54.0 Å². The zero-order valence-electron chi connectivity index (χ0n) is 12.5. The second-order valence-corrected chi connectivity index (χ2v) is 6.87. The summed E-state index contributed by atoms with van der Waals surface area (Å²) in [6.45, 7) is 12.5. The van der Waals surface area contributed by atoms with Crippen molar-refractivity contribution in [1.29, 1.82) is 0 Å². The highest BCUT2D eigenvalue weighted by Gasteiger charge is 2.17. The molecular weight excluding hydrogens is 258 g/mol. The number of nitrogens with one attached hydrogen (secondary N) is 2. The van der Waals surface area contributed by atoms with Crippen molar-refractivity contribution in [3.05, 3.63) is 16.1 Å². The smallest absolute Gasteiger partial charge is 0.222 e. The van der Waals surface area contributed by atoms with Crippen LogP contribution in [0.15, 0.2) is 5.38 Å². The van der Waals surface area contributed by atoms with Crippen LogP contribution in [-0.4, -0.2) is 24.0 Å². The van der Waals surface area contributed by atoms with Crippen molar-refractivity contribution in [1.82, 2.24) is 15.6 Å². The standard InChI is InChI=1S/C14H25N3OS/c1-10(2)12(18)16-7-6-15-8-11-9-19-13(17-11)14(3,4)5/h9-10,15H,6-8H2,1-5H3,(H,16,18).